The van der Waals surface area contributed by atoms with Crippen molar-refractivity contribution < 1.29 is 19.6 Å². The minimum absolute atomic E-state index is 0.164. The molecular formula is C24H36O4. The molecule has 4 nitrogen and oxygen atoms in total. The van der Waals surface area contributed by atoms with Gasteiger partial charge in [-0.2, -0.15) is 0 Å². The van der Waals surface area contributed by atoms with Crippen LogP contribution < -0.4 is 0 Å². The van der Waals surface area contributed by atoms with Crippen LogP contribution in [0.1, 0.15) is 66.5 Å². The summed E-state index contributed by atoms with van der Waals surface area (Å²) in [4.78, 5) is 21.1. The van der Waals surface area contributed by atoms with Gasteiger partial charge in [-0.15, -0.1) is 0 Å². The average molecular weight is 389 g/mol. The maximum atomic E-state index is 5.73. The molecule has 0 spiro atoms. The fourth-order valence-electron chi connectivity index (χ4n) is 2.21. The third kappa shape index (κ3) is 8.98. The lowest BCUT2D eigenvalue weighted by molar-refractivity contribution is -0.410. The summed E-state index contributed by atoms with van der Waals surface area (Å²) in [7, 11) is 0. The highest BCUT2D eigenvalue weighted by atomic mass is 17.2. The van der Waals surface area contributed by atoms with Crippen LogP contribution in [0.3, 0.4) is 0 Å². The van der Waals surface area contributed by atoms with Gasteiger partial charge in [0.15, 0.2) is 0 Å². The van der Waals surface area contributed by atoms with Gasteiger partial charge >= 0.3 is 0 Å². The number of benzene rings is 2. The van der Waals surface area contributed by atoms with Gasteiger partial charge in [0.1, 0.15) is 11.2 Å². The van der Waals surface area contributed by atoms with Crippen molar-refractivity contribution in [3.05, 3.63) is 71.8 Å². The lowest BCUT2D eigenvalue weighted by Crippen LogP contribution is -2.29. The van der Waals surface area contributed by atoms with Gasteiger partial charge in [-0.05, 0) is 66.5 Å². The van der Waals surface area contributed by atoms with E-state index in [1.165, 1.54) is 0 Å². The van der Waals surface area contributed by atoms with Crippen molar-refractivity contribution in [3.8, 4) is 0 Å². The molecule has 4 heteroatoms. The summed E-state index contributed by atoms with van der Waals surface area (Å²) in [5, 5.41) is 0. The fourth-order valence-corrected chi connectivity index (χ4v) is 2.21. The van der Waals surface area contributed by atoms with E-state index in [-0.39, 0.29) is 12.2 Å². The third-order valence-corrected chi connectivity index (χ3v) is 3.84. The van der Waals surface area contributed by atoms with Crippen molar-refractivity contribution in [2.75, 3.05) is 0 Å². The Kier molecular flexibility index (Phi) is 9.83. The first kappa shape index (κ1) is 24.3. The fraction of sp³-hybridized carbons (Fsp3) is 0.500. The Labute approximate surface area is 170 Å². The van der Waals surface area contributed by atoms with Gasteiger partial charge in [0.05, 0.1) is 12.2 Å². The highest BCUT2D eigenvalue weighted by molar-refractivity contribution is 5.22. The lowest BCUT2D eigenvalue weighted by Gasteiger charge is -2.31. The van der Waals surface area contributed by atoms with Gasteiger partial charge in [0, 0.05) is 0 Å². The standard InChI is InChI=1S/C18H22O2.C6H14O2/c1-17(2,15-11-7-5-8-12-15)19-20-18(3,4)16-13-9-6-10-14-16;1-5(2)7-8-6(3)4/h5-14H,1-4H3;5-6H,1-4H3. The van der Waals surface area contributed by atoms with Crippen LogP contribution in [0.4, 0.5) is 0 Å². The Morgan fingerprint density at radius 3 is 1.07 bits per heavy atom. The molecule has 0 N–H and O–H groups in total. The first-order valence-corrected chi connectivity index (χ1v) is 9.84. The van der Waals surface area contributed by atoms with E-state index in [4.69, 9.17) is 19.6 Å². The Bertz CT molecular complexity index is 589. The zero-order valence-corrected chi connectivity index (χ0v) is 18.6. The van der Waals surface area contributed by atoms with Crippen LogP contribution in [0.15, 0.2) is 60.7 Å². The van der Waals surface area contributed by atoms with Crippen molar-refractivity contribution in [3.63, 3.8) is 0 Å². The summed E-state index contributed by atoms with van der Waals surface area (Å²) < 4.78 is 0. The first-order valence-electron chi connectivity index (χ1n) is 9.84. The summed E-state index contributed by atoms with van der Waals surface area (Å²) in [6.45, 7) is 15.7. The Hall–Kier alpha value is -1.72. The molecule has 2 rings (SSSR count). The van der Waals surface area contributed by atoms with Gasteiger partial charge in [-0.25, -0.2) is 19.6 Å². The number of hydrogen-bond donors (Lipinski definition) is 0. The van der Waals surface area contributed by atoms with Crippen molar-refractivity contribution in [2.45, 2.75) is 78.8 Å². The summed E-state index contributed by atoms with van der Waals surface area (Å²) in [5.41, 5.74) is 1.19. The summed E-state index contributed by atoms with van der Waals surface area (Å²) in [5.74, 6) is 0. The maximum Gasteiger partial charge on any atom is 0.123 e. The molecule has 0 aliphatic heterocycles. The van der Waals surface area contributed by atoms with Gasteiger partial charge < -0.3 is 0 Å². The largest absolute Gasteiger partial charge is 0.234 e. The van der Waals surface area contributed by atoms with Crippen LogP contribution in [0, 0.1) is 0 Å². The summed E-state index contributed by atoms with van der Waals surface area (Å²) in [6, 6.07) is 20.2. The van der Waals surface area contributed by atoms with Crippen molar-refractivity contribution >= 4 is 0 Å². The number of rotatable bonds is 8. The molecule has 0 amide bonds. The monoisotopic (exact) mass is 388 g/mol. The Morgan fingerprint density at radius 2 is 0.821 bits per heavy atom. The minimum Gasteiger partial charge on any atom is -0.234 e. The van der Waals surface area contributed by atoms with Gasteiger partial charge in [0.2, 0.25) is 0 Å². The zero-order valence-electron chi connectivity index (χ0n) is 18.6. The third-order valence-electron chi connectivity index (χ3n) is 3.84. The molecule has 156 valence electrons. The van der Waals surface area contributed by atoms with E-state index in [1.54, 1.807) is 0 Å². The second-order valence-corrected chi connectivity index (χ2v) is 8.21. The van der Waals surface area contributed by atoms with E-state index in [0.717, 1.165) is 11.1 Å². The van der Waals surface area contributed by atoms with Crippen LogP contribution >= 0.6 is 0 Å². The highest BCUT2D eigenvalue weighted by Crippen LogP contribution is 2.31. The van der Waals surface area contributed by atoms with E-state index < -0.39 is 11.2 Å². The molecule has 2 aromatic carbocycles. The topological polar surface area (TPSA) is 36.9 Å². The molecule has 2 aromatic rings. The molecule has 0 unspecified atom stereocenters. The van der Waals surface area contributed by atoms with Gasteiger partial charge in [0.25, 0.3) is 0 Å². The second-order valence-electron chi connectivity index (χ2n) is 8.21. The Balaban J connectivity index is 0.000000416. The average Bonchev–Trinajstić information content (AvgIpc) is 2.67. The quantitative estimate of drug-likeness (QED) is 0.379. The number of hydrogen-bond acceptors (Lipinski definition) is 4. The van der Waals surface area contributed by atoms with Crippen LogP contribution in [-0.2, 0) is 30.8 Å². The molecule has 0 aromatic heterocycles. The van der Waals surface area contributed by atoms with Crippen LogP contribution in [0.25, 0.3) is 0 Å². The predicted molar refractivity (Wildman–Crippen MR) is 114 cm³/mol. The van der Waals surface area contributed by atoms with E-state index in [9.17, 15) is 0 Å². The van der Waals surface area contributed by atoms with E-state index in [1.807, 2.05) is 116 Å². The maximum absolute atomic E-state index is 5.73. The molecule has 0 saturated carbocycles. The molecule has 0 radical (unpaired) electrons. The lowest BCUT2D eigenvalue weighted by atomic mass is 9.98. The molecule has 0 aliphatic rings. The van der Waals surface area contributed by atoms with Crippen molar-refractivity contribution in [1.29, 1.82) is 0 Å². The normalized spacial score (nSPS) is 12.1. The molecular weight excluding hydrogens is 352 g/mol. The van der Waals surface area contributed by atoms with E-state index in [0.29, 0.717) is 0 Å². The molecule has 0 atom stereocenters. The van der Waals surface area contributed by atoms with Gasteiger partial charge in [-0.1, -0.05) is 60.7 Å². The summed E-state index contributed by atoms with van der Waals surface area (Å²) >= 11 is 0. The molecule has 0 heterocycles. The van der Waals surface area contributed by atoms with Crippen LogP contribution in [0.5, 0.6) is 0 Å². The first-order chi connectivity index (χ1) is 13.0. The molecule has 28 heavy (non-hydrogen) atoms. The minimum atomic E-state index is -0.493. The predicted octanol–water partition coefficient (Wildman–Crippen LogP) is 6.56. The van der Waals surface area contributed by atoms with Crippen LogP contribution in [0.2, 0.25) is 0 Å². The smallest absolute Gasteiger partial charge is 0.123 e. The molecule has 0 bridgehead atoms. The van der Waals surface area contributed by atoms with E-state index in [2.05, 4.69) is 0 Å². The zero-order chi connectivity index (χ0) is 21.2. The Morgan fingerprint density at radius 1 is 0.536 bits per heavy atom. The highest BCUT2D eigenvalue weighted by Gasteiger charge is 2.29. The van der Waals surface area contributed by atoms with Crippen molar-refractivity contribution in [2.24, 2.45) is 0 Å². The van der Waals surface area contributed by atoms with Gasteiger partial charge in [-0.3, -0.25) is 0 Å². The molecule has 0 saturated heterocycles. The van der Waals surface area contributed by atoms with E-state index >= 15 is 0 Å². The molecule has 0 fully saturated rings. The summed E-state index contributed by atoms with van der Waals surface area (Å²) in [6.07, 6.45) is 0.329. The van der Waals surface area contributed by atoms with Crippen LogP contribution in [-0.4, -0.2) is 12.2 Å². The van der Waals surface area contributed by atoms with Crippen molar-refractivity contribution in [1.82, 2.24) is 0 Å². The molecule has 0 aliphatic carbocycles. The second kappa shape index (κ2) is 11.3. The SMILES string of the molecule is CC(C)(OOC(C)(C)c1ccccc1)c1ccccc1.CC(C)OOC(C)C.